The molecule has 1 atom stereocenters. The molecule has 26 heavy (non-hydrogen) atoms. The van der Waals surface area contributed by atoms with E-state index in [1.165, 1.54) is 17.3 Å². The topological polar surface area (TPSA) is 86.6 Å². The van der Waals surface area contributed by atoms with Crippen molar-refractivity contribution >= 4 is 17.4 Å². The molecule has 2 aromatic heterocycles. The van der Waals surface area contributed by atoms with Gasteiger partial charge in [-0.3, -0.25) is 19.6 Å². The van der Waals surface area contributed by atoms with E-state index in [-0.39, 0.29) is 11.3 Å². The molecule has 1 unspecified atom stereocenters. The predicted octanol–water partition coefficient (Wildman–Crippen LogP) is 1.46. The standard InChI is InChI=1S/C19H20N4O3/c1-22(2)11-12-23-16(14-5-3-4-8-21-14)15(18(25)19(23)26)17(24)13-6-9-20-10-7-13/h3-10,16,24H,11-12H2,1-2H3/b17-15-. The molecule has 1 saturated heterocycles. The summed E-state index contributed by atoms with van der Waals surface area (Å²) < 4.78 is 0. The van der Waals surface area contributed by atoms with Gasteiger partial charge in [0, 0.05) is 37.2 Å². The van der Waals surface area contributed by atoms with E-state index in [1.807, 2.05) is 19.0 Å². The molecular formula is C19H20N4O3. The lowest BCUT2D eigenvalue weighted by atomic mass is 9.99. The van der Waals surface area contributed by atoms with E-state index in [4.69, 9.17) is 0 Å². The molecule has 1 aliphatic rings. The van der Waals surface area contributed by atoms with Crippen molar-refractivity contribution in [2.45, 2.75) is 6.04 Å². The van der Waals surface area contributed by atoms with Crippen molar-refractivity contribution in [3.05, 3.63) is 65.8 Å². The minimum atomic E-state index is -0.718. The number of carbonyl (C=O) groups excluding carboxylic acids is 2. The molecule has 134 valence electrons. The highest BCUT2D eigenvalue weighted by Crippen LogP contribution is 2.38. The lowest BCUT2D eigenvalue weighted by molar-refractivity contribution is -0.140. The summed E-state index contributed by atoms with van der Waals surface area (Å²) in [5.41, 5.74) is 1.03. The number of carbonyl (C=O) groups is 2. The summed E-state index contributed by atoms with van der Waals surface area (Å²) in [4.78, 5) is 36.9. The van der Waals surface area contributed by atoms with Gasteiger partial charge in [-0.2, -0.15) is 0 Å². The smallest absolute Gasteiger partial charge is 0.295 e. The molecule has 0 bridgehead atoms. The van der Waals surface area contributed by atoms with Crippen LogP contribution in [0.1, 0.15) is 17.3 Å². The van der Waals surface area contributed by atoms with Gasteiger partial charge in [-0.05, 0) is 38.4 Å². The Balaban J connectivity index is 2.12. The number of aliphatic hydroxyl groups is 1. The number of amides is 1. The number of likely N-dealkylation sites (tertiary alicyclic amines) is 1. The molecule has 7 nitrogen and oxygen atoms in total. The van der Waals surface area contributed by atoms with Crippen LogP contribution in [0.3, 0.4) is 0 Å². The van der Waals surface area contributed by atoms with E-state index < -0.39 is 17.7 Å². The zero-order valence-corrected chi connectivity index (χ0v) is 14.7. The molecule has 0 aliphatic carbocycles. The average molecular weight is 352 g/mol. The van der Waals surface area contributed by atoms with E-state index >= 15 is 0 Å². The number of nitrogens with zero attached hydrogens (tertiary/aromatic N) is 4. The van der Waals surface area contributed by atoms with Crippen molar-refractivity contribution in [1.29, 1.82) is 0 Å². The lowest BCUT2D eigenvalue weighted by Crippen LogP contribution is -2.35. The molecule has 0 radical (unpaired) electrons. The van der Waals surface area contributed by atoms with Crippen LogP contribution < -0.4 is 0 Å². The van der Waals surface area contributed by atoms with Gasteiger partial charge in [0.25, 0.3) is 11.7 Å². The molecule has 0 aromatic carbocycles. The van der Waals surface area contributed by atoms with Crippen LogP contribution in [0.25, 0.3) is 5.76 Å². The van der Waals surface area contributed by atoms with Crippen molar-refractivity contribution in [3.8, 4) is 0 Å². The van der Waals surface area contributed by atoms with E-state index in [9.17, 15) is 14.7 Å². The Kier molecular flexibility index (Phi) is 5.09. The van der Waals surface area contributed by atoms with Crippen molar-refractivity contribution in [2.24, 2.45) is 0 Å². The number of likely N-dealkylation sites (N-methyl/N-ethyl adjacent to an activating group) is 1. The third-order valence-electron chi connectivity index (χ3n) is 4.25. The highest BCUT2D eigenvalue weighted by Gasteiger charge is 2.46. The second-order valence-electron chi connectivity index (χ2n) is 6.29. The van der Waals surface area contributed by atoms with Crippen LogP contribution >= 0.6 is 0 Å². The number of ketones is 1. The minimum Gasteiger partial charge on any atom is -0.507 e. The minimum absolute atomic E-state index is 0.0543. The summed E-state index contributed by atoms with van der Waals surface area (Å²) in [6, 6.07) is 7.78. The molecule has 0 spiro atoms. The third kappa shape index (κ3) is 3.34. The number of pyridine rings is 2. The molecule has 2 aromatic rings. The molecule has 3 heterocycles. The summed E-state index contributed by atoms with van der Waals surface area (Å²) in [6.07, 6.45) is 4.65. The largest absolute Gasteiger partial charge is 0.507 e. The molecule has 1 aliphatic heterocycles. The van der Waals surface area contributed by atoms with E-state index in [1.54, 1.807) is 36.5 Å². The van der Waals surface area contributed by atoms with Crippen LogP contribution in [-0.2, 0) is 9.59 Å². The Morgan fingerprint density at radius 1 is 1.15 bits per heavy atom. The summed E-state index contributed by atoms with van der Waals surface area (Å²) in [7, 11) is 3.78. The van der Waals surface area contributed by atoms with Gasteiger partial charge in [0.15, 0.2) is 0 Å². The maximum atomic E-state index is 12.7. The first-order valence-corrected chi connectivity index (χ1v) is 8.25. The number of Topliss-reactive ketones (excluding diaryl/α,β-unsaturated/α-hetero) is 1. The number of hydrogen-bond acceptors (Lipinski definition) is 6. The van der Waals surface area contributed by atoms with Crippen LogP contribution in [0.5, 0.6) is 0 Å². The van der Waals surface area contributed by atoms with Crippen molar-refractivity contribution in [2.75, 3.05) is 27.2 Å². The number of hydrogen-bond donors (Lipinski definition) is 1. The number of aromatic nitrogens is 2. The van der Waals surface area contributed by atoms with Crippen molar-refractivity contribution < 1.29 is 14.7 Å². The normalized spacial score (nSPS) is 19.3. The van der Waals surface area contributed by atoms with Crippen molar-refractivity contribution in [1.82, 2.24) is 19.8 Å². The van der Waals surface area contributed by atoms with E-state index in [2.05, 4.69) is 9.97 Å². The van der Waals surface area contributed by atoms with E-state index in [0.29, 0.717) is 24.3 Å². The van der Waals surface area contributed by atoms with Crippen LogP contribution in [0.15, 0.2) is 54.5 Å². The maximum Gasteiger partial charge on any atom is 0.295 e. The van der Waals surface area contributed by atoms with Gasteiger partial charge in [-0.25, -0.2) is 0 Å². The fourth-order valence-corrected chi connectivity index (χ4v) is 2.93. The van der Waals surface area contributed by atoms with E-state index in [0.717, 1.165) is 0 Å². The van der Waals surface area contributed by atoms with Gasteiger partial charge < -0.3 is 14.9 Å². The summed E-state index contributed by atoms with van der Waals surface area (Å²) in [5.74, 6) is -1.54. The van der Waals surface area contributed by atoms with Gasteiger partial charge in [0.1, 0.15) is 11.8 Å². The van der Waals surface area contributed by atoms with Crippen LogP contribution in [0.2, 0.25) is 0 Å². The zero-order chi connectivity index (χ0) is 18.7. The Labute approximate surface area is 151 Å². The second kappa shape index (κ2) is 7.45. The zero-order valence-electron chi connectivity index (χ0n) is 14.7. The molecular weight excluding hydrogens is 332 g/mol. The first-order valence-electron chi connectivity index (χ1n) is 8.25. The van der Waals surface area contributed by atoms with Gasteiger partial charge in [0.2, 0.25) is 0 Å². The molecule has 1 fully saturated rings. The molecule has 7 heteroatoms. The highest BCUT2D eigenvalue weighted by molar-refractivity contribution is 6.46. The highest BCUT2D eigenvalue weighted by atomic mass is 16.3. The fraction of sp³-hybridized carbons (Fsp3) is 0.263. The van der Waals surface area contributed by atoms with Crippen molar-refractivity contribution in [3.63, 3.8) is 0 Å². The first kappa shape index (κ1) is 17.8. The number of aliphatic hydroxyl groups excluding tert-OH is 1. The summed E-state index contributed by atoms with van der Waals surface area (Å²) in [5, 5.41) is 10.7. The number of rotatable bonds is 5. The molecule has 0 saturated carbocycles. The monoisotopic (exact) mass is 352 g/mol. The Morgan fingerprint density at radius 2 is 1.88 bits per heavy atom. The average Bonchev–Trinajstić information content (AvgIpc) is 2.91. The fourth-order valence-electron chi connectivity index (χ4n) is 2.93. The summed E-state index contributed by atoms with van der Waals surface area (Å²) >= 11 is 0. The Morgan fingerprint density at radius 3 is 2.50 bits per heavy atom. The third-order valence-corrected chi connectivity index (χ3v) is 4.25. The molecule has 1 amide bonds. The van der Waals surface area contributed by atoms with Gasteiger partial charge >= 0.3 is 0 Å². The van der Waals surface area contributed by atoms with Crippen LogP contribution in [-0.4, -0.2) is 63.7 Å². The van der Waals surface area contributed by atoms with Gasteiger partial charge in [-0.15, -0.1) is 0 Å². The second-order valence-corrected chi connectivity index (χ2v) is 6.29. The quantitative estimate of drug-likeness (QED) is 0.498. The maximum absolute atomic E-state index is 12.7. The van der Waals surface area contributed by atoms with Crippen LogP contribution in [0, 0.1) is 0 Å². The first-order chi connectivity index (χ1) is 12.5. The summed E-state index contributed by atoms with van der Waals surface area (Å²) in [6.45, 7) is 0.942. The SMILES string of the molecule is CN(C)CCN1C(=O)C(=O)/C(=C(\O)c2ccncc2)C1c1ccccn1. The Bertz CT molecular complexity index is 834. The molecule has 1 N–H and O–H groups in total. The van der Waals surface area contributed by atoms with Gasteiger partial charge in [-0.1, -0.05) is 6.07 Å². The predicted molar refractivity (Wildman–Crippen MR) is 96.0 cm³/mol. The lowest BCUT2D eigenvalue weighted by Gasteiger charge is -2.25. The molecule has 3 rings (SSSR count). The van der Waals surface area contributed by atoms with Gasteiger partial charge in [0.05, 0.1) is 11.3 Å². The Hall–Kier alpha value is -3.06. The van der Waals surface area contributed by atoms with Crippen LogP contribution in [0.4, 0.5) is 0 Å².